The Labute approximate surface area is 160 Å². The van der Waals surface area contributed by atoms with Crippen molar-refractivity contribution in [3.8, 4) is 11.8 Å². The first kappa shape index (κ1) is 18.2. The largest absolute Gasteiger partial charge is 0.463 e. The maximum atomic E-state index is 12.0. The molecule has 0 fully saturated rings. The minimum absolute atomic E-state index is 0.343. The fourth-order valence-electron chi connectivity index (χ4n) is 2.65. The Morgan fingerprint density at radius 2 is 1.30 bits per heavy atom. The Morgan fingerprint density at radius 3 is 1.89 bits per heavy atom. The van der Waals surface area contributed by atoms with Crippen LogP contribution in [0.5, 0.6) is 0 Å². The zero-order chi connectivity index (χ0) is 18.9. The monoisotopic (exact) mass is 352 g/mol. The second kappa shape index (κ2) is 9.22. The molecule has 0 heterocycles. The van der Waals surface area contributed by atoms with E-state index in [-0.39, 0.29) is 5.97 Å². The summed E-state index contributed by atoms with van der Waals surface area (Å²) in [5.41, 5.74) is 4.64. The highest BCUT2D eigenvalue weighted by molar-refractivity contribution is 5.96. The van der Waals surface area contributed by atoms with Gasteiger partial charge in [0, 0.05) is 17.2 Å². The Bertz CT molecular complexity index is 973. The van der Waals surface area contributed by atoms with Crippen LogP contribution in [0.2, 0.25) is 0 Å². The summed E-state index contributed by atoms with van der Waals surface area (Å²) in [5, 5.41) is 0. The highest BCUT2D eigenvalue weighted by Crippen LogP contribution is 2.23. The molecule has 2 heteroatoms. The Kier molecular flexibility index (Phi) is 6.22. The molecule has 132 valence electrons. The van der Waals surface area contributed by atoms with Gasteiger partial charge in [0.05, 0.1) is 6.61 Å². The van der Waals surface area contributed by atoms with Gasteiger partial charge in [0.2, 0.25) is 0 Å². The van der Waals surface area contributed by atoms with Gasteiger partial charge in [-0.1, -0.05) is 72.5 Å². The van der Waals surface area contributed by atoms with E-state index in [9.17, 15) is 4.79 Å². The van der Waals surface area contributed by atoms with Crippen LogP contribution in [-0.4, -0.2) is 12.6 Å². The third-order valence-corrected chi connectivity index (χ3v) is 3.95. The second-order valence-corrected chi connectivity index (χ2v) is 5.87. The predicted molar refractivity (Wildman–Crippen MR) is 109 cm³/mol. The van der Waals surface area contributed by atoms with Crippen molar-refractivity contribution in [1.82, 2.24) is 0 Å². The highest BCUT2D eigenvalue weighted by Gasteiger charge is 2.08. The maximum absolute atomic E-state index is 12.0. The molecule has 0 saturated heterocycles. The van der Waals surface area contributed by atoms with Crippen molar-refractivity contribution in [2.45, 2.75) is 6.92 Å². The molecule has 0 bridgehead atoms. The summed E-state index contributed by atoms with van der Waals surface area (Å²) in [5.74, 6) is 5.98. The lowest BCUT2D eigenvalue weighted by molar-refractivity contribution is -0.137. The van der Waals surface area contributed by atoms with Crippen LogP contribution < -0.4 is 0 Å². The quantitative estimate of drug-likeness (QED) is 0.372. The van der Waals surface area contributed by atoms with E-state index < -0.39 is 0 Å². The lowest BCUT2D eigenvalue weighted by Crippen LogP contribution is -2.01. The minimum atomic E-state index is -0.343. The summed E-state index contributed by atoms with van der Waals surface area (Å²) in [4.78, 5) is 12.0. The summed E-state index contributed by atoms with van der Waals surface area (Å²) in [6.07, 6.45) is 1.55. The van der Waals surface area contributed by atoms with E-state index >= 15 is 0 Å². The summed E-state index contributed by atoms with van der Waals surface area (Å²) in [7, 11) is 0. The van der Waals surface area contributed by atoms with Crippen molar-refractivity contribution in [3.05, 3.63) is 113 Å². The van der Waals surface area contributed by atoms with Crippen LogP contribution >= 0.6 is 0 Å². The van der Waals surface area contributed by atoms with E-state index in [2.05, 4.69) is 11.8 Å². The van der Waals surface area contributed by atoms with Crippen molar-refractivity contribution in [1.29, 1.82) is 0 Å². The predicted octanol–water partition coefficient (Wildman–Crippen LogP) is 5.08. The van der Waals surface area contributed by atoms with Crippen LogP contribution in [-0.2, 0) is 9.53 Å². The first-order valence-corrected chi connectivity index (χ1v) is 8.87. The standard InChI is InChI=1S/C25H20O2/c1-2-27-25(26)19-24(22-11-7-4-8-12-22)23-17-15-21(16-18-23)14-13-20-9-5-3-6-10-20/h3-12,15-19H,2H2,1H3/b24-19+. The van der Waals surface area contributed by atoms with Crippen LogP contribution in [0.4, 0.5) is 0 Å². The van der Waals surface area contributed by atoms with Gasteiger partial charge in [-0.25, -0.2) is 4.79 Å². The second-order valence-electron chi connectivity index (χ2n) is 5.87. The van der Waals surface area contributed by atoms with Gasteiger partial charge in [0.15, 0.2) is 0 Å². The number of hydrogen-bond donors (Lipinski definition) is 0. The molecule has 3 aromatic rings. The third-order valence-electron chi connectivity index (χ3n) is 3.95. The van der Waals surface area contributed by atoms with Crippen molar-refractivity contribution in [2.24, 2.45) is 0 Å². The number of benzene rings is 3. The molecule has 0 atom stereocenters. The molecule has 0 spiro atoms. The molecule has 0 aromatic heterocycles. The lowest BCUT2D eigenvalue weighted by atomic mass is 9.96. The topological polar surface area (TPSA) is 26.3 Å². The number of esters is 1. The fourth-order valence-corrected chi connectivity index (χ4v) is 2.65. The average Bonchev–Trinajstić information content (AvgIpc) is 2.73. The molecule has 0 aliphatic carbocycles. The van der Waals surface area contributed by atoms with Crippen LogP contribution in [0.15, 0.2) is 91.0 Å². The molecular weight excluding hydrogens is 332 g/mol. The van der Waals surface area contributed by atoms with E-state index in [1.54, 1.807) is 13.0 Å². The van der Waals surface area contributed by atoms with E-state index in [1.165, 1.54) is 0 Å². The first-order chi connectivity index (χ1) is 13.3. The van der Waals surface area contributed by atoms with Crippen molar-refractivity contribution in [2.75, 3.05) is 6.61 Å². The minimum Gasteiger partial charge on any atom is -0.463 e. The molecule has 3 aromatic carbocycles. The molecule has 0 radical (unpaired) electrons. The van der Waals surface area contributed by atoms with Gasteiger partial charge in [-0.3, -0.25) is 0 Å². The number of ether oxygens (including phenoxy) is 1. The molecule has 0 saturated carbocycles. The number of carbonyl (C=O) groups excluding carboxylic acids is 1. The Morgan fingerprint density at radius 1 is 0.778 bits per heavy atom. The van der Waals surface area contributed by atoms with Gasteiger partial charge in [-0.2, -0.15) is 0 Å². The lowest BCUT2D eigenvalue weighted by Gasteiger charge is -2.09. The zero-order valence-electron chi connectivity index (χ0n) is 15.2. The Hall–Kier alpha value is -3.57. The molecule has 0 unspecified atom stereocenters. The summed E-state index contributed by atoms with van der Waals surface area (Å²) in [6.45, 7) is 2.15. The molecule has 0 amide bonds. The number of carbonyl (C=O) groups is 1. The highest BCUT2D eigenvalue weighted by atomic mass is 16.5. The van der Waals surface area contributed by atoms with Gasteiger partial charge in [-0.05, 0) is 47.9 Å². The molecule has 3 rings (SSSR count). The normalized spacial score (nSPS) is 10.6. The third kappa shape index (κ3) is 5.20. The zero-order valence-corrected chi connectivity index (χ0v) is 15.2. The number of rotatable bonds is 4. The van der Waals surface area contributed by atoms with E-state index in [0.29, 0.717) is 6.61 Å². The van der Waals surface area contributed by atoms with Gasteiger partial charge >= 0.3 is 5.97 Å². The summed E-state index contributed by atoms with van der Waals surface area (Å²) < 4.78 is 5.09. The number of hydrogen-bond acceptors (Lipinski definition) is 2. The fraction of sp³-hybridized carbons (Fsp3) is 0.0800. The first-order valence-electron chi connectivity index (χ1n) is 8.87. The maximum Gasteiger partial charge on any atom is 0.331 e. The molecule has 2 nitrogen and oxygen atoms in total. The summed E-state index contributed by atoms with van der Waals surface area (Å²) in [6, 6.07) is 27.6. The van der Waals surface area contributed by atoms with Crippen LogP contribution in [0.1, 0.15) is 29.2 Å². The SMILES string of the molecule is CCOC(=O)/C=C(\c1ccccc1)c1ccc(C#Cc2ccccc2)cc1. The molecule has 0 N–H and O–H groups in total. The molecular formula is C25H20O2. The van der Waals surface area contributed by atoms with Gasteiger partial charge in [-0.15, -0.1) is 0 Å². The van der Waals surface area contributed by atoms with Gasteiger partial charge < -0.3 is 4.74 Å². The van der Waals surface area contributed by atoms with Crippen molar-refractivity contribution in [3.63, 3.8) is 0 Å². The average molecular weight is 352 g/mol. The van der Waals surface area contributed by atoms with Crippen molar-refractivity contribution >= 4 is 11.5 Å². The van der Waals surface area contributed by atoms with Gasteiger partial charge in [0.1, 0.15) is 0 Å². The van der Waals surface area contributed by atoms with Crippen LogP contribution in [0.25, 0.3) is 5.57 Å². The van der Waals surface area contributed by atoms with Crippen LogP contribution in [0, 0.1) is 11.8 Å². The van der Waals surface area contributed by atoms with Gasteiger partial charge in [0.25, 0.3) is 0 Å². The van der Waals surface area contributed by atoms with E-state index in [4.69, 9.17) is 4.74 Å². The molecule has 27 heavy (non-hydrogen) atoms. The Balaban J connectivity index is 1.90. The van der Waals surface area contributed by atoms with E-state index in [1.807, 2.05) is 84.9 Å². The van der Waals surface area contributed by atoms with Crippen LogP contribution in [0.3, 0.4) is 0 Å². The van der Waals surface area contributed by atoms with E-state index in [0.717, 1.165) is 27.8 Å². The molecule has 0 aliphatic heterocycles. The smallest absolute Gasteiger partial charge is 0.331 e. The molecule has 0 aliphatic rings. The van der Waals surface area contributed by atoms with Crippen molar-refractivity contribution < 1.29 is 9.53 Å². The summed E-state index contributed by atoms with van der Waals surface area (Å²) >= 11 is 0.